The topological polar surface area (TPSA) is 55.6 Å². The Bertz CT molecular complexity index is 698. The van der Waals surface area contributed by atoms with Gasteiger partial charge in [-0.1, -0.05) is 18.2 Å². The number of hydrogen-bond acceptors (Lipinski definition) is 3. The van der Waals surface area contributed by atoms with Crippen molar-refractivity contribution in [3.05, 3.63) is 59.2 Å². The third-order valence-electron chi connectivity index (χ3n) is 4.14. The van der Waals surface area contributed by atoms with Gasteiger partial charge in [0.15, 0.2) is 0 Å². The third-order valence-corrected chi connectivity index (χ3v) is 4.14. The van der Waals surface area contributed by atoms with E-state index in [-0.39, 0.29) is 11.9 Å². The van der Waals surface area contributed by atoms with Crippen molar-refractivity contribution in [2.24, 2.45) is 0 Å². The lowest BCUT2D eigenvalue weighted by Crippen LogP contribution is -2.34. The molecule has 4 heteroatoms. The summed E-state index contributed by atoms with van der Waals surface area (Å²) in [7, 11) is 1.64. The van der Waals surface area contributed by atoms with E-state index in [1.807, 2.05) is 62.1 Å². The second kappa shape index (κ2) is 7.18. The summed E-state index contributed by atoms with van der Waals surface area (Å²) >= 11 is 0. The second-order valence-electron chi connectivity index (χ2n) is 5.62. The summed E-state index contributed by atoms with van der Waals surface area (Å²) in [5.74, 6) is 0.783. The molecule has 2 rings (SSSR count). The van der Waals surface area contributed by atoms with Crippen LogP contribution in [-0.4, -0.2) is 24.5 Å². The minimum absolute atomic E-state index is 0.00683. The van der Waals surface area contributed by atoms with Gasteiger partial charge >= 0.3 is 0 Å². The fourth-order valence-corrected chi connectivity index (χ4v) is 2.70. The van der Waals surface area contributed by atoms with Gasteiger partial charge < -0.3 is 15.4 Å². The minimum atomic E-state index is -0.0524. The standard InChI is InChI=1S/C19H24N2O2/c1-5-21(14(3)15-7-6-8-17(11-15)23-4)19(22)18-12-16(20)10-9-13(18)2/h6-12,14H,5,20H2,1-4H3. The Morgan fingerprint density at radius 3 is 2.65 bits per heavy atom. The number of amides is 1. The molecule has 0 aliphatic rings. The first kappa shape index (κ1) is 16.9. The maximum absolute atomic E-state index is 13.0. The smallest absolute Gasteiger partial charge is 0.254 e. The molecule has 1 amide bonds. The molecule has 4 nitrogen and oxygen atoms in total. The summed E-state index contributed by atoms with van der Waals surface area (Å²) in [6.07, 6.45) is 0. The van der Waals surface area contributed by atoms with E-state index in [1.54, 1.807) is 13.2 Å². The first-order valence-electron chi connectivity index (χ1n) is 7.79. The minimum Gasteiger partial charge on any atom is -0.497 e. The van der Waals surface area contributed by atoms with Gasteiger partial charge in [0, 0.05) is 17.8 Å². The first-order chi connectivity index (χ1) is 11.0. The molecule has 2 aromatic carbocycles. The predicted molar refractivity (Wildman–Crippen MR) is 93.7 cm³/mol. The van der Waals surface area contributed by atoms with Crippen molar-refractivity contribution in [1.82, 2.24) is 4.90 Å². The number of ether oxygens (including phenoxy) is 1. The SMILES string of the molecule is CCN(C(=O)c1cc(N)ccc1C)C(C)c1cccc(OC)c1. The molecule has 0 heterocycles. The average Bonchev–Trinajstić information content (AvgIpc) is 2.57. The highest BCUT2D eigenvalue weighted by atomic mass is 16.5. The van der Waals surface area contributed by atoms with Crippen LogP contribution in [0.1, 0.15) is 41.4 Å². The first-order valence-corrected chi connectivity index (χ1v) is 7.79. The van der Waals surface area contributed by atoms with Gasteiger partial charge in [0.05, 0.1) is 13.2 Å². The molecule has 0 saturated heterocycles. The molecule has 0 aromatic heterocycles. The van der Waals surface area contributed by atoms with E-state index in [0.717, 1.165) is 16.9 Å². The van der Waals surface area contributed by atoms with Crippen molar-refractivity contribution < 1.29 is 9.53 Å². The van der Waals surface area contributed by atoms with Crippen molar-refractivity contribution in [1.29, 1.82) is 0 Å². The van der Waals surface area contributed by atoms with Crippen LogP contribution in [0.5, 0.6) is 5.75 Å². The number of rotatable bonds is 5. The molecule has 0 radical (unpaired) electrons. The Kier molecular flexibility index (Phi) is 5.27. The molecule has 23 heavy (non-hydrogen) atoms. The van der Waals surface area contributed by atoms with Gasteiger partial charge in [-0.2, -0.15) is 0 Å². The number of nitrogens with two attached hydrogens (primary N) is 1. The number of hydrogen-bond donors (Lipinski definition) is 1. The number of anilines is 1. The number of methoxy groups -OCH3 is 1. The van der Waals surface area contributed by atoms with Crippen LogP contribution in [-0.2, 0) is 0 Å². The molecule has 0 saturated carbocycles. The van der Waals surface area contributed by atoms with E-state index >= 15 is 0 Å². The van der Waals surface area contributed by atoms with Gasteiger partial charge in [-0.05, 0) is 56.2 Å². The van der Waals surface area contributed by atoms with Crippen LogP contribution in [0.2, 0.25) is 0 Å². The lowest BCUT2D eigenvalue weighted by molar-refractivity contribution is 0.0701. The highest BCUT2D eigenvalue weighted by Crippen LogP contribution is 2.26. The maximum Gasteiger partial charge on any atom is 0.254 e. The molecule has 0 bridgehead atoms. The van der Waals surface area contributed by atoms with Crippen LogP contribution in [0.25, 0.3) is 0 Å². The highest BCUT2D eigenvalue weighted by molar-refractivity contribution is 5.96. The number of nitrogen functional groups attached to an aromatic ring is 1. The van der Waals surface area contributed by atoms with Gasteiger partial charge in [0.1, 0.15) is 5.75 Å². The number of carbonyl (C=O) groups excluding carboxylic acids is 1. The van der Waals surface area contributed by atoms with Crippen molar-refractivity contribution >= 4 is 11.6 Å². The molecular formula is C19H24N2O2. The van der Waals surface area contributed by atoms with Gasteiger partial charge in [-0.25, -0.2) is 0 Å². The van der Waals surface area contributed by atoms with E-state index < -0.39 is 0 Å². The normalized spacial score (nSPS) is 11.8. The van der Waals surface area contributed by atoms with Crippen molar-refractivity contribution in [3.63, 3.8) is 0 Å². The summed E-state index contributed by atoms with van der Waals surface area (Å²) in [4.78, 5) is 14.8. The Morgan fingerprint density at radius 1 is 1.26 bits per heavy atom. The summed E-state index contributed by atoms with van der Waals surface area (Å²) in [6, 6.07) is 13.2. The van der Waals surface area contributed by atoms with Gasteiger partial charge in [0.2, 0.25) is 0 Å². The summed E-state index contributed by atoms with van der Waals surface area (Å²) in [5.41, 5.74) is 9.07. The number of carbonyl (C=O) groups is 1. The zero-order chi connectivity index (χ0) is 17.0. The van der Waals surface area contributed by atoms with Crippen LogP contribution in [0.4, 0.5) is 5.69 Å². The Hall–Kier alpha value is -2.49. The predicted octanol–water partition coefficient (Wildman–Crippen LogP) is 3.81. The lowest BCUT2D eigenvalue weighted by Gasteiger charge is -2.29. The summed E-state index contributed by atoms with van der Waals surface area (Å²) in [5, 5.41) is 0. The van der Waals surface area contributed by atoms with E-state index in [1.165, 1.54) is 0 Å². The van der Waals surface area contributed by atoms with Crippen LogP contribution in [0, 0.1) is 6.92 Å². The van der Waals surface area contributed by atoms with Crippen LogP contribution < -0.4 is 10.5 Å². The van der Waals surface area contributed by atoms with Crippen molar-refractivity contribution in [2.45, 2.75) is 26.8 Å². The molecule has 0 spiro atoms. The van der Waals surface area contributed by atoms with Crippen LogP contribution >= 0.6 is 0 Å². The summed E-state index contributed by atoms with van der Waals surface area (Å²) in [6.45, 7) is 6.55. The fraction of sp³-hybridized carbons (Fsp3) is 0.316. The molecule has 0 aliphatic carbocycles. The lowest BCUT2D eigenvalue weighted by atomic mass is 10.0. The van der Waals surface area contributed by atoms with E-state index in [4.69, 9.17) is 10.5 Å². The maximum atomic E-state index is 13.0. The van der Waals surface area contributed by atoms with Crippen molar-refractivity contribution in [2.75, 3.05) is 19.4 Å². The molecule has 0 fully saturated rings. The largest absolute Gasteiger partial charge is 0.497 e. The average molecular weight is 312 g/mol. The van der Waals surface area contributed by atoms with Crippen molar-refractivity contribution in [3.8, 4) is 5.75 Å². The van der Waals surface area contributed by atoms with Crippen LogP contribution in [0.3, 0.4) is 0 Å². The number of aryl methyl sites for hydroxylation is 1. The Morgan fingerprint density at radius 2 is 2.00 bits per heavy atom. The molecule has 2 aromatic rings. The quantitative estimate of drug-likeness (QED) is 0.854. The molecule has 1 unspecified atom stereocenters. The molecule has 1 atom stereocenters. The Balaban J connectivity index is 2.34. The van der Waals surface area contributed by atoms with Gasteiger partial charge in [-0.3, -0.25) is 4.79 Å². The van der Waals surface area contributed by atoms with Gasteiger partial charge in [0.25, 0.3) is 5.91 Å². The second-order valence-corrected chi connectivity index (χ2v) is 5.62. The molecule has 122 valence electrons. The third kappa shape index (κ3) is 3.65. The van der Waals surface area contributed by atoms with E-state index in [2.05, 4.69) is 0 Å². The summed E-state index contributed by atoms with van der Waals surface area (Å²) < 4.78 is 5.28. The number of nitrogens with zero attached hydrogens (tertiary/aromatic N) is 1. The molecule has 0 aliphatic heterocycles. The van der Waals surface area contributed by atoms with Gasteiger partial charge in [-0.15, -0.1) is 0 Å². The van der Waals surface area contributed by atoms with Crippen LogP contribution in [0.15, 0.2) is 42.5 Å². The number of benzene rings is 2. The van der Waals surface area contributed by atoms with E-state index in [9.17, 15) is 4.79 Å². The zero-order valence-electron chi connectivity index (χ0n) is 14.2. The molecule has 2 N–H and O–H groups in total. The monoisotopic (exact) mass is 312 g/mol. The molecular weight excluding hydrogens is 288 g/mol. The zero-order valence-corrected chi connectivity index (χ0v) is 14.2. The van der Waals surface area contributed by atoms with E-state index in [0.29, 0.717) is 17.8 Å². The fourth-order valence-electron chi connectivity index (χ4n) is 2.70. The Labute approximate surface area is 137 Å². The highest BCUT2D eigenvalue weighted by Gasteiger charge is 2.23.